The molecule has 1 unspecified atom stereocenters. The van der Waals surface area contributed by atoms with Gasteiger partial charge >= 0.3 is 0 Å². The van der Waals surface area contributed by atoms with E-state index in [0.717, 1.165) is 88.8 Å². The van der Waals surface area contributed by atoms with Gasteiger partial charge in [-0.2, -0.15) is 0 Å². The Hall–Kier alpha value is -7.13. The van der Waals surface area contributed by atoms with Gasteiger partial charge in [0.05, 0.1) is 6.04 Å². The van der Waals surface area contributed by atoms with Gasteiger partial charge in [0.15, 0.2) is 0 Å². The van der Waals surface area contributed by atoms with E-state index in [2.05, 4.69) is 151 Å². The lowest BCUT2D eigenvalue weighted by Crippen LogP contribution is -2.29. The van der Waals surface area contributed by atoms with E-state index in [1.165, 1.54) is 21.5 Å². The van der Waals surface area contributed by atoms with Crippen molar-refractivity contribution in [1.82, 2.24) is 5.32 Å². The highest BCUT2D eigenvalue weighted by atomic mass is 16.3. The summed E-state index contributed by atoms with van der Waals surface area (Å²) >= 11 is 0. The first-order valence-corrected chi connectivity index (χ1v) is 18.3. The highest BCUT2D eigenvalue weighted by molar-refractivity contribution is 6.19. The minimum absolute atomic E-state index is 0.237. The van der Waals surface area contributed by atoms with Crippen LogP contribution < -0.4 is 5.32 Å². The van der Waals surface area contributed by atoms with E-state index in [0.29, 0.717) is 0 Å². The smallest absolute Gasteiger partial charge is 0.143 e. The number of hydrogen-bond acceptors (Lipinski definition) is 4. The molecule has 3 heterocycles. The maximum Gasteiger partial charge on any atom is 0.143 e. The molecule has 0 saturated heterocycles. The topological polar surface area (TPSA) is 50.7 Å². The Morgan fingerprint density at radius 1 is 0.519 bits per heavy atom. The molecule has 254 valence electrons. The van der Waals surface area contributed by atoms with Gasteiger partial charge in [-0.3, -0.25) is 0 Å². The van der Waals surface area contributed by atoms with E-state index in [1.807, 2.05) is 30.3 Å². The van der Waals surface area contributed by atoms with Crippen LogP contribution in [0, 0.1) is 0 Å². The van der Waals surface area contributed by atoms with Gasteiger partial charge in [-0.05, 0) is 57.8 Å². The minimum atomic E-state index is -0.237. The van der Waals surface area contributed by atoms with Crippen LogP contribution in [0.4, 0.5) is 0 Å². The first-order valence-electron chi connectivity index (χ1n) is 18.3. The summed E-state index contributed by atoms with van der Waals surface area (Å²) in [6.45, 7) is 2.12. The molecule has 0 bridgehead atoms. The lowest BCUT2D eigenvalue weighted by molar-refractivity contribution is 0.648. The Morgan fingerprint density at radius 3 is 2.06 bits per heavy atom. The Labute approximate surface area is 311 Å². The third kappa shape index (κ3) is 4.68. The summed E-state index contributed by atoms with van der Waals surface area (Å²) in [5.74, 6) is 0.765. The van der Waals surface area contributed by atoms with Gasteiger partial charge in [-0.25, -0.2) is 4.99 Å². The fourth-order valence-electron chi connectivity index (χ4n) is 8.39. The standard InChI is InChI=1S/C50H32N2O2/c1-30-28-43(51-50(31-14-3-2-4-15-31)52-47(30)41-25-12-21-37-36-20-9-10-26-44(36)53-49(37)41)39-23-13-27-45-46(39)40-24-11-22-38(48(40)54-45)42-29-32-16-5-6-17-33(32)34-18-7-8-19-35(34)42/h2-27,29,47H,1H3,(H,51,52). The SMILES string of the molecule is CC1=C=C(c2cccc3oc4c(-c5cc6ccccc6c6ccccc56)cccc4c23)N=C(c2ccccc2)NC1c1cccc2c1oc1ccccc12. The second-order valence-corrected chi connectivity index (χ2v) is 14.0. The molecule has 0 aliphatic carbocycles. The second kappa shape index (κ2) is 12.0. The van der Waals surface area contributed by atoms with Gasteiger partial charge in [0.25, 0.3) is 0 Å². The average molecular weight is 693 g/mol. The van der Waals surface area contributed by atoms with Crippen LogP contribution in [0.3, 0.4) is 0 Å². The molecule has 1 N–H and O–H groups in total. The van der Waals surface area contributed by atoms with Gasteiger partial charge in [0.2, 0.25) is 0 Å². The van der Waals surface area contributed by atoms with E-state index in [-0.39, 0.29) is 6.04 Å². The normalized spacial score (nSPS) is 14.8. The number of aliphatic imine (C=N–C) groups is 1. The summed E-state index contributed by atoms with van der Waals surface area (Å²) < 4.78 is 13.4. The van der Waals surface area contributed by atoms with Crippen molar-refractivity contribution in [1.29, 1.82) is 0 Å². The molecular weight excluding hydrogens is 661 g/mol. The zero-order valence-corrected chi connectivity index (χ0v) is 29.4. The van der Waals surface area contributed by atoms with Crippen molar-refractivity contribution >= 4 is 77.0 Å². The fourth-order valence-corrected chi connectivity index (χ4v) is 8.39. The molecule has 0 saturated carbocycles. The van der Waals surface area contributed by atoms with Crippen molar-refractivity contribution in [3.63, 3.8) is 0 Å². The molecule has 1 aliphatic rings. The van der Waals surface area contributed by atoms with Crippen LogP contribution in [0.15, 0.2) is 189 Å². The third-order valence-electron chi connectivity index (χ3n) is 10.9. The van der Waals surface area contributed by atoms with Crippen LogP contribution in [0.5, 0.6) is 0 Å². The highest BCUT2D eigenvalue weighted by Crippen LogP contribution is 2.43. The minimum Gasteiger partial charge on any atom is -0.456 e. The van der Waals surface area contributed by atoms with Crippen molar-refractivity contribution in [3.05, 3.63) is 192 Å². The number of amidine groups is 1. The third-order valence-corrected chi connectivity index (χ3v) is 10.9. The molecule has 4 nitrogen and oxygen atoms in total. The molecule has 11 rings (SSSR count). The van der Waals surface area contributed by atoms with Crippen molar-refractivity contribution in [2.24, 2.45) is 4.99 Å². The van der Waals surface area contributed by atoms with Gasteiger partial charge in [0.1, 0.15) is 33.9 Å². The van der Waals surface area contributed by atoms with E-state index in [1.54, 1.807) is 0 Å². The summed E-state index contributed by atoms with van der Waals surface area (Å²) in [5, 5.41) is 12.9. The average Bonchev–Trinajstić information content (AvgIpc) is 3.75. The molecule has 0 amide bonds. The Balaban J connectivity index is 1.15. The van der Waals surface area contributed by atoms with Crippen LogP contribution in [0.25, 0.3) is 82.2 Å². The number of fused-ring (bicyclic) bond motifs is 9. The monoisotopic (exact) mass is 692 g/mol. The molecule has 1 aliphatic heterocycles. The Morgan fingerprint density at radius 2 is 1.17 bits per heavy atom. The summed E-state index contributed by atoms with van der Waals surface area (Å²) in [7, 11) is 0. The molecular formula is C50H32N2O2. The van der Waals surface area contributed by atoms with Crippen LogP contribution >= 0.6 is 0 Å². The molecule has 0 fully saturated rings. The van der Waals surface area contributed by atoms with Crippen molar-refractivity contribution in [2.45, 2.75) is 13.0 Å². The summed E-state index contributed by atoms with van der Waals surface area (Å²) in [6.07, 6.45) is 0. The number of furan rings is 2. The van der Waals surface area contributed by atoms with Crippen LogP contribution in [0.1, 0.15) is 29.7 Å². The predicted molar refractivity (Wildman–Crippen MR) is 223 cm³/mol. The quantitative estimate of drug-likeness (QED) is 0.148. The zero-order chi connectivity index (χ0) is 35.8. The van der Waals surface area contributed by atoms with Crippen molar-refractivity contribution < 1.29 is 8.83 Å². The zero-order valence-electron chi connectivity index (χ0n) is 29.4. The maximum absolute atomic E-state index is 6.84. The fraction of sp³-hybridized carbons (Fsp3) is 0.0400. The van der Waals surface area contributed by atoms with Gasteiger partial charge < -0.3 is 14.2 Å². The first-order chi connectivity index (χ1) is 26.7. The van der Waals surface area contributed by atoms with Crippen LogP contribution in [-0.4, -0.2) is 5.84 Å². The lowest BCUT2D eigenvalue weighted by atomic mass is 9.92. The van der Waals surface area contributed by atoms with E-state index in [9.17, 15) is 0 Å². The van der Waals surface area contributed by atoms with Gasteiger partial charge in [0, 0.05) is 43.8 Å². The lowest BCUT2D eigenvalue weighted by Gasteiger charge is -2.20. The highest BCUT2D eigenvalue weighted by Gasteiger charge is 2.26. The van der Waals surface area contributed by atoms with Crippen molar-refractivity contribution in [3.8, 4) is 11.1 Å². The summed E-state index contributed by atoms with van der Waals surface area (Å²) in [4.78, 5) is 5.38. The maximum atomic E-state index is 6.84. The molecule has 8 aromatic carbocycles. The molecule has 4 heteroatoms. The predicted octanol–water partition coefficient (Wildman–Crippen LogP) is 13.1. The molecule has 0 radical (unpaired) electrons. The number of rotatable bonds is 4. The molecule has 2 aromatic heterocycles. The van der Waals surface area contributed by atoms with E-state index in [4.69, 9.17) is 13.8 Å². The largest absolute Gasteiger partial charge is 0.456 e. The van der Waals surface area contributed by atoms with Gasteiger partial charge in [-0.15, -0.1) is 0 Å². The number of para-hydroxylation sites is 3. The number of nitrogens with zero attached hydrogens (tertiary/aromatic N) is 1. The van der Waals surface area contributed by atoms with E-state index < -0.39 is 0 Å². The number of benzene rings is 8. The summed E-state index contributed by atoms with van der Waals surface area (Å²) in [5.41, 5.74) is 14.1. The first kappa shape index (κ1) is 30.5. The molecule has 0 spiro atoms. The van der Waals surface area contributed by atoms with Crippen LogP contribution in [0.2, 0.25) is 0 Å². The second-order valence-electron chi connectivity index (χ2n) is 14.0. The van der Waals surface area contributed by atoms with Gasteiger partial charge in [-0.1, -0.05) is 151 Å². The van der Waals surface area contributed by atoms with Crippen molar-refractivity contribution in [2.75, 3.05) is 0 Å². The molecule has 1 atom stereocenters. The van der Waals surface area contributed by atoms with E-state index >= 15 is 0 Å². The Kier molecular flexibility index (Phi) is 6.75. The molecule has 10 aromatic rings. The summed E-state index contributed by atoms with van der Waals surface area (Å²) in [6, 6.07) is 56.9. The van der Waals surface area contributed by atoms with Crippen LogP contribution in [-0.2, 0) is 0 Å². The Bertz CT molecular complexity index is 3250. The number of hydrogen-bond donors (Lipinski definition) is 1. The molecule has 54 heavy (non-hydrogen) atoms. The number of nitrogens with one attached hydrogen (secondary N) is 1.